The molecule has 0 unspecified atom stereocenters. The molecule has 1 aromatic rings. The molecule has 0 aliphatic carbocycles. The van der Waals surface area contributed by atoms with Gasteiger partial charge in [0.1, 0.15) is 6.67 Å². The van der Waals surface area contributed by atoms with Crippen LogP contribution in [0.2, 0.25) is 0 Å². The molecular formula is C12H18FN. The van der Waals surface area contributed by atoms with Crippen LogP contribution in [0.5, 0.6) is 0 Å². The zero-order valence-corrected chi connectivity index (χ0v) is 8.89. The van der Waals surface area contributed by atoms with E-state index < -0.39 is 0 Å². The van der Waals surface area contributed by atoms with E-state index in [2.05, 4.69) is 31.3 Å². The van der Waals surface area contributed by atoms with E-state index in [1.54, 1.807) is 0 Å². The van der Waals surface area contributed by atoms with Crippen LogP contribution in [0.25, 0.3) is 0 Å². The van der Waals surface area contributed by atoms with Crippen molar-refractivity contribution in [2.24, 2.45) is 0 Å². The van der Waals surface area contributed by atoms with Crippen LogP contribution in [0.3, 0.4) is 0 Å². The summed E-state index contributed by atoms with van der Waals surface area (Å²) in [6.45, 7) is 5.27. The summed E-state index contributed by atoms with van der Waals surface area (Å²) in [4.78, 5) is 0. The molecule has 1 nitrogen and oxygen atoms in total. The maximum atomic E-state index is 11.9. The van der Waals surface area contributed by atoms with Crippen molar-refractivity contribution in [3.8, 4) is 0 Å². The minimum atomic E-state index is -0.301. The van der Waals surface area contributed by atoms with Crippen LogP contribution < -0.4 is 5.32 Å². The molecule has 0 fully saturated rings. The van der Waals surface area contributed by atoms with Crippen LogP contribution in [-0.2, 0) is 5.41 Å². The molecule has 0 bridgehead atoms. The van der Waals surface area contributed by atoms with Crippen LogP contribution in [0, 0.1) is 0 Å². The molecule has 0 saturated carbocycles. The SMILES string of the molecule is CC(C)(CNCCF)c1ccccc1. The van der Waals surface area contributed by atoms with Crippen LogP contribution in [0.15, 0.2) is 30.3 Å². The van der Waals surface area contributed by atoms with Crippen molar-refractivity contribution in [3.63, 3.8) is 0 Å². The third-order valence-electron chi connectivity index (χ3n) is 2.39. The third kappa shape index (κ3) is 3.11. The van der Waals surface area contributed by atoms with Gasteiger partial charge >= 0.3 is 0 Å². The van der Waals surface area contributed by atoms with Gasteiger partial charge in [-0.25, -0.2) is 4.39 Å². The maximum Gasteiger partial charge on any atom is 0.102 e. The summed E-state index contributed by atoms with van der Waals surface area (Å²) in [6.07, 6.45) is 0. The van der Waals surface area contributed by atoms with Crippen molar-refractivity contribution < 1.29 is 4.39 Å². The molecule has 1 N–H and O–H groups in total. The van der Waals surface area contributed by atoms with E-state index in [9.17, 15) is 4.39 Å². The molecule has 0 heterocycles. The predicted molar refractivity (Wildman–Crippen MR) is 58.3 cm³/mol. The molecule has 0 atom stereocenters. The number of hydrogen-bond donors (Lipinski definition) is 1. The lowest BCUT2D eigenvalue weighted by Gasteiger charge is -2.25. The average Bonchev–Trinajstić information content (AvgIpc) is 2.19. The van der Waals surface area contributed by atoms with Crippen LogP contribution in [0.1, 0.15) is 19.4 Å². The Bertz CT molecular complexity index is 256. The maximum absolute atomic E-state index is 11.9. The minimum Gasteiger partial charge on any atom is -0.313 e. The summed E-state index contributed by atoms with van der Waals surface area (Å²) in [6, 6.07) is 10.3. The lowest BCUT2D eigenvalue weighted by Crippen LogP contribution is -2.33. The third-order valence-corrected chi connectivity index (χ3v) is 2.39. The van der Waals surface area contributed by atoms with Gasteiger partial charge in [-0.05, 0) is 5.56 Å². The molecule has 0 aliphatic heterocycles. The first-order chi connectivity index (χ1) is 6.67. The van der Waals surface area contributed by atoms with E-state index >= 15 is 0 Å². The molecule has 0 saturated heterocycles. The Morgan fingerprint density at radius 1 is 1.21 bits per heavy atom. The van der Waals surface area contributed by atoms with E-state index in [0.717, 1.165) is 6.54 Å². The van der Waals surface area contributed by atoms with Gasteiger partial charge in [0.2, 0.25) is 0 Å². The molecule has 1 aromatic carbocycles. The monoisotopic (exact) mass is 195 g/mol. The van der Waals surface area contributed by atoms with E-state index in [1.165, 1.54) is 5.56 Å². The molecule has 78 valence electrons. The van der Waals surface area contributed by atoms with Gasteiger partial charge in [0.15, 0.2) is 0 Å². The van der Waals surface area contributed by atoms with Gasteiger partial charge in [-0.3, -0.25) is 0 Å². The molecule has 0 amide bonds. The number of alkyl halides is 1. The Hall–Kier alpha value is -0.890. The number of benzene rings is 1. The first-order valence-corrected chi connectivity index (χ1v) is 4.99. The molecule has 0 radical (unpaired) electrons. The minimum absolute atomic E-state index is 0.0659. The van der Waals surface area contributed by atoms with Gasteiger partial charge in [0.05, 0.1) is 0 Å². The first-order valence-electron chi connectivity index (χ1n) is 4.99. The number of hydrogen-bond acceptors (Lipinski definition) is 1. The van der Waals surface area contributed by atoms with Crippen LogP contribution in [0.4, 0.5) is 4.39 Å². The van der Waals surface area contributed by atoms with Crippen LogP contribution in [-0.4, -0.2) is 19.8 Å². The van der Waals surface area contributed by atoms with Crippen molar-refractivity contribution >= 4 is 0 Å². The van der Waals surface area contributed by atoms with Gasteiger partial charge in [-0.2, -0.15) is 0 Å². The number of halogens is 1. The summed E-state index contributed by atoms with van der Waals surface area (Å²) in [7, 11) is 0. The second kappa shape index (κ2) is 5.11. The Kier molecular flexibility index (Phi) is 4.08. The molecule has 1 rings (SSSR count). The van der Waals surface area contributed by atoms with Gasteiger partial charge in [0, 0.05) is 18.5 Å². The Morgan fingerprint density at radius 2 is 1.86 bits per heavy atom. The zero-order valence-electron chi connectivity index (χ0n) is 8.89. The fourth-order valence-electron chi connectivity index (χ4n) is 1.46. The highest BCUT2D eigenvalue weighted by Gasteiger charge is 2.19. The topological polar surface area (TPSA) is 12.0 Å². The van der Waals surface area contributed by atoms with Crippen molar-refractivity contribution in [1.82, 2.24) is 5.32 Å². The lowest BCUT2D eigenvalue weighted by atomic mass is 9.85. The largest absolute Gasteiger partial charge is 0.313 e. The molecule has 0 spiro atoms. The Labute approximate surface area is 85.3 Å². The number of rotatable bonds is 5. The molecular weight excluding hydrogens is 177 g/mol. The molecule has 0 aliphatic rings. The standard InChI is InChI=1S/C12H18FN/c1-12(2,10-14-9-8-13)11-6-4-3-5-7-11/h3-7,14H,8-10H2,1-2H3. The highest BCUT2D eigenvalue weighted by atomic mass is 19.1. The van der Waals surface area contributed by atoms with Gasteiger partial charge in [-0.1, -0.05) is 44.2 Å². The second-order valence-electron chi connectivity index (χ2n) is 4.12. The second-order valence-corrected chi connectivity index (χ2v) is 4.12. The van der Waals surface area contributed by atoms with Crippen molar-refractivity contribution in [2.75, 3.05) is 19.8 Å². The Balaban J connectivity index is 2.56. The van der Waals surface area contributed by atoms with E-state index in [4.69, 9.17) is 0 Å². The first kappa shape index (κ1) is 11.2. The van der Waals surface area contributed by atoms with Gasteiger partial charge < -0.3 is 5.32 Å². The predicted octanol–water partition coefficient (Wildman–Crippen LogP) is 2.52. The highest BCUT2D eigenvalue weighted by Crippen LogP contribution is 2.21. The van der Waals surface area contributed by atoms with E-state index in [1.807, 2.05) is 18.2 Å². The summed E-state index contributed by atoms with van der Waals surface area (Å²) in [5, 5.41) is 3.10. The molecule has 14 heavy (non-hydrogen) atoms. The van der Waals surface area contributed by atoms with Gasteiger partial charge in [0.25, 0.3) is 0 Å². The summed E-state index contributed by atoms with van der Waals surface area (Å²) < 4.78 is 11.9. The summed E-state index contributed by atoms with van der Waals surface area (Å²) in [5.74, 6) is 0. The molecule has 0 aromatic heterocycles. The van der Waals surface area contributed by atoms with E-state index in [-0.39, 0.29) is 12.1 Å². The fourth-order valence-corrected chi connectivity index (χ4v) is 1.46. The highest BCUT2D eigenvalue weighted by molar-refractivity contribution is 5.23. The van der Waals surface area contributed by atoms with Crippen molar-refractivity contribution in [2.45, 2.75) is 19.3 Å². The lowest BCUT2D eigenvalue weighted by molar-refractivity contribution is 0.422. The van der Waals surface area contributed by atoms with Crippen LogP contribution >= 0.6 is 0 Å². The normalized spacial score (nSPS) is 11.6. The van der Waals surface area contributed by atoms with Crippen molar-refractivity contribution in [3.05, 3.63) is 35.9 Å². The molecule has 2 heteroatoms. The summed E-state index contributed by atoms with van der Waals surface area (Å²) in [5.41, 5.74) is 1.35. The van der Waals surface area contributed by atoms with Crippen molar-refractivity contribution in [1.29, 1.82) is 0 Å². The Morgan fingerprint density at radius 3 is 2.43 bits per heavy atom. The smallest absolute Gasteiger partial charge is 0.102 e. The quantitative estimate of drug-likeness (QED) is 0.712. The average molecular weight is 195 g/mol. The van der Waals surface area contributed by atoms with E-state index in [0.29, 0.717) is 6.54 Å². The summed E-state index contributed by atoms with van der Waals surface area (Å²) >= 11 is 0. The van der Waals surface area contributed by atoms with Gasteiger partial charge in [-0.15, -0.1) is 0 Å². The zero-order chi connectivity index (χ0) is 10.4. The number of nitrogens with one attached hydrogen (secondary N) is 1. The fraction of sp³-hybridized carbons (Fsp3) is 0.500.